The summed E-state index contributed by atoms with van der Waals surface area (Å²) in [6.45, 7) is 0.114. The van der Waals surface area contributed by atoms with Crippen LogP contribution in [0.15, 0.2) is 24.4 Å². The molecule has 0 radical (unpaired) electrons. The second kappa shape index (κ2) is 4.58. The van der Waals surface area contributed by atoms with E-state index in [0.29, 0.717) is 0 Å². The number of carbonyl (C=O) groups is 3. The summed E-state index contributed by atoms with van der Waals surface area (Å²) in [6, 6.07) is 3.24. The normalized spacial score (nSPS) is 15.4. The monoisotopic (exact) mass is 291 g/mol. The molecule has 0 bridgehead atoms. The molecule has 0 unspecified atom stereocenters. The minimum atomic E-state index is -1.25. The number of imide groups is 1. The summed E-state index contributed by atoms with van der Waals surface area (Å²) in [5.74, 6) is -1.03. The van der Waals surface area contributed by atoms with Gasteiger partial charge in [0.25, 0.3) is 0 Å². The molecule has 0 atom stereocenters. The van der Waals surface area contributed by atoms with Crippen molar-refractivity contribution in [1.82, 2.24) is 9.88 Å². The van der Waals surface area contributed by atoms with E-state index in [1.54, 1.807) is 0 Å². The third-order valence-corrected chi connectivity index (χ3v) is 3.31. The maximum absolute atomic E-state index is 14.1. The smallest absolute Gasteiger partial charge is 0.416 e. The number of rotatable bonds is 1. The van der Waals surface area contributed by atoms with Gasteiger partial charge in [0.1, 0.15) is 5.82 Å². The summed E-state index contributed by atoms with van der Waals surface area (Å²) in [6.07, 6.45) is 0.0881. The molecule has 3 amide bonds. The second-order valence-corrected chi connectivity index (χ2v) is 4.58. The highest BCUT2D eigenvalue weighted by molar-refractivity contribution is 6.06. The lowest BCUT2D eigenvalue weighted by molar-refractivity contribution is -0.120. The van der Waals surface area contributed by atoms with Gasteiger partial charge in [0.2, 0.25) is 5.91 Å². The first-order valence-electron chi connectivity index (χ1n) is 6.12. The van der Waals surface area contributed by atoms with Crippen molar-refractivity contribution in [3.8, 4) is 0 Å². The summed E-state index contributed by atoms with van der Waals surface area (Å²) >= 11 is 0. The molecule has 0 spiro atoms. The Morgan fingerprint density at radius 3 is 2.76 bits per heavy atom. The second-order valence-electron chi connectivity index (χ2n) is 4.58. The number of nitrogens with one attached hydrogen (secondary N) is 1. The highest BCUT2D eigenvalue weighted by Crippen LogP contribution is 2.27. The van der Waals surface area contributed by atoms with E-state index in [4.69, 9.17) is 5.11 Å². The van der Waals surface area contributed by atoms with E-state index >= 15 is 0 Å². The number of hydrogen-bond donors (Lipinski definition) is 2. The Morgan fingerprint density at radius 1 is 1.33 bits per heavy atom. The molecule has 1 aromatic heterocycles. The zero-order valence-corrected chi connectivity index (χ0v) is 10.7. The van der Waals surface area contributed by atoms with Crippen molar-refractivity contribution in [2.24, 2.45) is 0 Å². The van der Waals surface area contributed by atoms with E-state index < -0.39 is 23.8 Å². The van der Waals surface area contributed by atoms with Crippen LogP contribution in [0.1, 0.15) is 6.42 Å². The van der Waals surface area contributed by atoms with Gasteiger partial charge in [-0.2, -0.15) is 0 Å². The van der Waals surface area contributed by atoms with Crippen LogP contribution in [0.2, 0.25) is 0 Å². The number of benzene rings is 1. The fourth-order valence-electron chi connectivity index (χ4n) is 2.32. The first kappa shape index (κ1) is 13.1. The van der Waals surface area contributed by atoms with Crippen molar-refractivity contribution in [3.63, 3.8) is 0 Å². The van der Waals surface area contributed by atoms with Crippen molar-refractivity contribution >= 4 is 34.6 Å². The minimum absolute atomic E-state index is 0.103. The predicted octanol–water partition coefficient (Wildman–Crippen LogP) is 1.75. The highest BCUT2D eigenvalue weighted by Gasteiger charge is 2.25. The molecule has 0 saturated carbocycles. The summed E-state index contributed by atoms with van der Waals surface area (Å²) in [5, 5.41) is 11.3. The van der Waals surface area contributed by atoms with Crippen molar-refractivity contribution < 1.29 is 23.9 Å². The lowest BCUT2D eigenvalue weighted by Gasteiger charge is -2.26. The van der Waals surface area contributed by atoms with Gasteiger partial charge < -0.3 is 5.11 Å². The number of carbonyl (C=O) groups excluding carboxylic acids is 2. The number of amides is 3. The fraction of sp³-hybridized carbons (Fsp3) is 0.154. The number of anilines is 1. The summed E-state index contributed by atoms with van der Waals surface area (Å²) < 4.78 is 14.9. The third-order valence-electron chi connectivity index (χ3n) is 3.31. The van der Waals surface area contributed by atoms with Crippen LogP contribution in [0.25, 0.3) is 10.9 Å². The number of urea groups is 1. The molecule has 1 aliphatic heterocycles. The van der Waals surface area contributed by atoms with Crippen LogP contribution >= 0.6 is 0 Å². The van der Waals surface area contributed by atoms with Gasteiger partial charge in [-0.3, -0.25) is 19.6 Å². The largest absolute Gasteiger partial charge is 0.464 e. The summed E-state index contributed by atoms with van der Waals surface area (Å²) in [5.41, 5.74) is 0.341. The molecule has 1 aliphatic rings. The van der Waals surface area contributed by atoms with E-state index in [2.05, 4.69) is 5.32 Å². The summed E-state index contributed by atoms with van der Waals surface area (Å²) in [4.78, 5) is 35.2. The molecule has 8 heteroatoms. The van der Waals surface area contributed by atoms with E-state index in [1.807, 2.05) is 0 Å². The van der Waals surface area contributed by atoms with Gasteiger partial charge >= 0.3 is 12.1 Å². The average Bonchev–Trinajstić information content (AvgIpc) is 2.83. The van der Waals surface area contributed by atoms with Gasteiger partial charge in [0.05, 0.1) is 11.2 Å². The molecule has 2 heterocycles. The Morgan fingerprint density at radius 2 is 2.10 bits per heavy atom. The number of fused-ring (bicyclic) bond motifs is 1. The van der Waals surface area contributed by atoms with E-state index in [-0.39, 0.29) is 29.6 Å². The van der Waals surface area contributed by atoms with E-state index in [1.165, 1.54) is 23.2 Å². The maximum Gasteiger partial charge on any atom is 0.416 e. The van der Waals surface area contributed by atoms with E-state index in [9.17, 15) is 18.8 Å². The topological polar surface area (TPSA) is 91.6 Å². The molecule has 1 fully saturated rings. The highest BCUT2D eigenvalue weighted by atomic mass is 19.1. The Balaban J connectivity index is 2.11. The van der Waals surface area contributed by atoms with Crippen LogP contribution in [0.3, 0.4) is 0 Å². The predicted molar refractivity (Wildman–Crippen MR) is 70.8 cm³/mol. The van der Waals surface area contributed by atoms with Crippen LogP contribution in [-0.2, 0) is 4.79 Å². The van der Waals surface area contributed by atoms with Gasteiger partial charge in [0, 0.05) is 24.5 Å². The van der Waals surface area contributed by atoms with Gasteiger partial charge in [-0.15, -0.1) is 0 Å². The molecule has 108 valence electrons. The van der Waals surface area contributed by atoms with Crippen LogP contribution in [-0.4, -0.2) is 34.2 Å². The Kier molecular flexibility index (Phi) is 2.86. The van der Waals surface area contributed by atoms with Crippen molar-refractivity contribution in [2.75, 3.05) is 11.4 Å². The molecule has 2 aromatic rings. The van der Waals surface area contributed by atoms with Crippen molar-refractivity contribution in [1.29, 1.82) is 0 Å². The van der Waals surface area contributed by atoms with Crippen molar-refractivity contribution in [2.45, 2.75) is 6.42 Å². The molecule has 2 N–H and O–H groups in total. The van der Waals surface area contributed by atoms with Gasteiger partial charge in [0.15, 0.2) is 0 Å². The standard InChI is InChI=1S/C13H10FN3O4/c14-9-5-7(16-4-2-11(18)15-12(16)19)6-10-8(9)1-3-17(10)13(20)21/h1,3,5-6H,2,4H2,(H,20,21)(H,15,18,19). The van der Waals surface area contributed by atoms with Crippen LogP contribution in [0, 0.1) is 5.82 Å². The first-order valence-corrected chi connectivity index (χ1v) is 6.12. The quantitative estimate of drug-likeness (QED) is 0.837. The van der Waals surface area contributed by atoms with E-state index in [0.717, 1.165) is 10.6 Å². The Hall–Kier alpha value is -2.90. The molecular weight excluding hydrogens is 281 g/mol. The number of aromatic nitrogens is 1. The average molecular weight is 291 g/mol. The van der Waals surface area contributed by atoms with Gasteiger partial charge in [-0.1, -0.05) is 0 Å². The lowest BCUT2D eigenvalue weighted by Crippen LogP contribution is -2.49. The van der Waals surface area contributed by atoms with Gasteiger partial charge in [-0.25, -0.2) is 14.0 Å². The van der Waals surface area contributed by atoms with Gasteiger partial charge in [-0.05, 0) is 18.2 Å². The molecule has 1 aromatic carbocycles. The third kappa shape index (κ3) is 2.10. The number of nitrogens with zero attached hydrogens (tertiary/aromatic N) is 2. The number of halogens is 1. The fourth-order valence-corrected chi connectivity index (χ4v) is 2.32. The van der Waals surface area contributed by atoms with Crippen LogP contribution in [0.5, 0.6) is 0 Å². The molecule has 3 rings (SSSR count). The lowest BCUT2D eigenvalue weighted by atomic mass is 10.2. The molecule has 1 saturated heterocycles. The summed E-state index contributed by atoms with van der Waals surface area (Å²) in [7, 11) is 0. The number of hydrogen-bond acceptors (Lipinski definition) is 3. The zero-order valence-electron chi connectivity index (χ0n) is 10.7. The zero-order chi connectivity index (χ0) is 15.1. The minimum Gasteiger partial charge on any atom is -0.464 e. The first-order chi connectivity index (χ1) is 9.97. The molecular formula is C13H10FN3O4. The van der Waals surface area contributed by atoms with Crippen LogP contribution in [0.4, 0.5) is 19.7 Å². The maximum atomic E-state index is 14.1. The number of carboxylic acid groups (broad SMARTS) is 1. The SMILES string of the molecule is O=C1CCN(c2cc(F)c3ccn(C(=O)O)c3c2)C(=O)N1. The molecule has 7 nitrogen and oxygen atoms in total. The Labute approximate surface area is 117 Å². The molecule has 0 aliphatic carbocycles. The van der Waals surface area contributed by atoms with Crippen LogP contribution < -0.4 is 10.2 Å². The molecule has 21 heavy (non-hydrogen) atoms. The Bertz CT molecular complexity index is 783. The van der Waals surface area contributed by atoms with Crippen molar-refractivity contribution in [3.05, 3.63) is 30.2 Å².